The Labute approximate surface area is 587 Å². The molecule has 8 aromatic heterocycles. The van der Waals surface area contributed by atoms with Gasteiger partial charge in [-0.15, -0.1) is 47.0 Å². The number of aromatic amines is 1. The van der Waals surface area contributed by atoms with Gasteiger partial charge in [-0.25, -0.2) is 29.9 Å². The zero-order valence-electron chi connectivity index (χ0n) is 67.1. The number of rotatable bonds is 9. The van der Waals surface area contributed by atoms with E-state index in [1.165, 1.54) is 47.8 Å². The molecule has 1 aliphatic rings. The normalized spacial score (nSPS) is 9.46. The summed E-state index contributed by atoms with van der Waals surface area (Å²) >= 11 is 1.83. The van der Waals surface area contributed by atoms with Gasteiger partial charge in [-0.1, -0.05) is 260 Å². The zero-order chi connectivity index (χ0) is 75.4. The number of allylic oxidation sites excluding steroid dienone is 4. The molecule has 0 saturated heterocycles. The summed E-state index contributed by atoms with van der Waals surface area (Å²) in [4.78, 5) is 28.1. The monoisotopic (exact) mass is 1340 g/mol. The van der Waals surface area contributed by atoms with Crippen molar-refractivity contribution >= 4 is 11.3 Å². The lowest BCUT2D eigenvalue weighted by atomic mass is 10.1. The molecule has 0 unspecified atom stereocenters. The number of thiophene rings is 1. The van der Waals surface area contributed by atoms with E-state index in [9.17, 15) is 0 Å². The van der Waals surface area contributed by atoms with E-state index < -0.39 is 0 Å². The van der Waals surface area contributed by atoms with Crippen LogP contribution in [-0.4, -0.2) is 90.4 Å². The molecule has 0 saturated carbocycles. The fraction of sp³-hybridized carbons (Fsp3) is 0.605. The Bertz CT molecular complexity index is 2240. The van der Waals surface area contributed by atoms with Crippen molar-refractivity contribution in [1.82, 2.24) is 90.4 Å². The molecule has 1 aliphatic carbocycles. The third-order valence-electron chi connectivity index (χ3n) is 10.2. The van der Waals surface area contributed by atoms with Gasteiger partial charge in [0.1, 0.15) is 31.1 Å². The largest absolute Gasteiger partial charge is 0.365 e. The molecular formula is C76H142N18S. The summed E-state index contributed by atoms with van der Waals surface area (Å²) in [7, 11) is 0. The predicted molar refractivity (Wildman–Crippen MR) is 414 cm³/mol. The highest BCUT2D eigenvalue weighted by Crippen LogP contribution is 2.19. The van der Waals surface area contributed by atoms with Gasteiger partial charge < -0.3 is 9.55 Å². The SMILES string of the molecule is CC.CC.CC.CC.CC.CC.CC.CC.CC.CC(C)C1=CCC=C1.CC(C)c1ccc[nH]1.CC(C)c1cccs1.CC(C)c1cncnn1.CC(C)c1cnncn1.CC(C)c1nccnn1.CC(C)c1ncncn1.CC(C)c1nncnn1.CC(C)n1cccc1. The van der Waals surface area contributed by atoms with Crippen LogP contribution in [0.3, 0.4) is 0 Å². The third-order valence-corrected chi connectivity index (χ3v) is 11.4. The highest BCUT2D eigenvalue weighted by atomic mass is 32.1. The molecular weight excluding hydrogens is 1200 g/mol. The van der Waals surface area contributed by atoms with E-state index >= 15 is 0 Å². The van der Waals surface area contributed by atoms with Crippen LogP contribution < -0.4 is 0 Å². The average Bonchev–Trinajstić information content (AvgIpc) is 3.97. The van der Waals surface area contributed by atoms with E-state index in [2.05, 4.69) is 242 Å². The van der Waals surface area contributed by atoms with Crippen LogP contribution in [-0.2, 0) is 0 Å². The number of nitrogens with one attached hydrogen (secondary N) is 1. The van der Waals surface area contributed by atoms with Crippen molar-refractivity contribution in [1.29, 1.82) is 0 Å². The van der Waals surface area contributed by atoms with Gasteiger partial charge >= 0.3 is 0 Å². The topological polar surface area (TPSA) is 227 Å². The minimum Gasteiger partial charge on any atom is -0.365 e. The summed E-state index contributed by atoms with van der Waals surface area (Å²) in [6.07, 6.45) is 27.9. The Balaban J connectivity index is -0.000000121. The average molecular weight is 1340 g/mol. The number of nitrogens with zero attached hydrogens (tertiary/aromatic N) is 17. The molecule has 1 N–H and O–H groups in total. The fourth-order valence-electron chi connectivity index (χ4n) is 5.50. The van der Waals surface area contributed by atoms with E-state index in [1.54, 1.807) is 24.8 Å². The molecule has 9 rings (SSSR count). The third kappa shape index (κ3) is 66.5. The molecule has 0 amide bonds. The molecule has 0 aromatic carbocycles. The molecule has 95 heavy (non-hydrogen) atoms. The first-order chi connectivity index (χ1) is 45.7. The van der Waals surface area contributed by atoms with Gasteiger partial charge in [-0.3, -0.25) is 0 Å². The lowest BCUT2D eigenvalue weighted by Gasteiger charge is -2.03. The molecule has 0 radical (unpaired) electrons. The first-order valence-electron chi connectivity index (χ1n) is 35.4. The number of hydrogen-bond donors (Lipinski definition) is 1. The Morgan fingerprint density at radius 3 is 1.14 bits per heavy atom. The van der Waals surface area contributed by atoms with Crippen molar-refractivity contribution in [3.8, 4) is 0 Å². The molecule has 0 atom stereocenters. The van der Waals surface area contributed by atoms with Crippen molar-refractivity contribution in [3.63, 3.8) is 0 Å². The molecule has 542 valence electrons. The van der Waals surface area contributed by atoms with Crippen molar-refractivity contribution in [3.05, 3.63) is 180 Å². The summed E-state index contributed by atoms with van der Waals surface area (Å²) in [5.74, 6) is 6.35. The second-order valence-corrected chi connectivity index (χ2v) is 20.9. The standard InChI is InChI=1S/C8H12.2C7H11N.C7H10S.4C6H9N3.C5H8N4.9C2H6/c2*1-7(2)8-5-3-4-6-8;2*1-6(2)7-4-3-5-8-7;1-5(2)6-8-3-7-4-9-6;1-5(2)6-3-8-9-4-7-6;1-5(2)6-3-7-4-8-9-6;1-5(2)6-7-3-4-8-9-6;1-4(2)5-8-6-3-7-9-5;9*1-2/h3,5-7H,4H2,1-2H3;3-7H,1-2H3;3-6,8H,1-2H3;3-6H,1-2H3;4*3-5H,1-2H3;3-4H,1-2H3;9*1-2H3. The molecule has 0 aliphatic heterocycles. The minimum atomic E-state index is 0.311. The smallest absolute Gasteiger partial charge is 0.176 e. The van der Waals surface area contributed by atoms with Crippen LogP contribution in [0.1, 0.15) is 343 Å². The lowest BCUT2D eigenvalue weighted by molar-refractivity contribution is 0.604. The Morgan fingerprint density at radius 1 is 0.389 bits per heavy atom. The number of hydrogen-bond acceptors (Lipinski definition) is 17. The van der Waals surface area contributed by atoms with Crippen molar-refractivity contribution in [2.24, 2.45) is 5.92 Å². The van der Waals surface area contributed by atoms with Crippen LogP contribution in [0.4, 0.5) is 0 Å². The van der Waals surface area contributed by atoms with Gasteiger partial charge in [0.05, 0.1) is 30.0 Å². The van der Waals surface area contributed by atoms with Gasteiger partial charge in [0, 0.05) is 59.2 Å². The maximum Gasteiger partial charge on any atom is 0.176 e. The first kappa shape index (κ1) is 106. The van der Waals surface area contributed by atoms with E-state index in [0.717, 1.165) is 29.5 Å². The summed E-state index contributed by atoms with van der Waals surface area (Å²) in [5.41, 5.74) is 4.73. The van der Waals surface area contributed by atoms with E-state index in [1.807, 2.05) is 188 Å². The van der Waals surface area contributed by atoms with E-state index in [4.69, 9.17) is 0 Å². The fourth-order valence-corrected chi connectivity index (χ4v) is 6.24. The van der Waals surface area contributed by atoms with Gasteiger partial charge in [-0.2, -0.15) is 15.3 Å². The second-order valence-electron chi connectivity index (χ2n) is 19.9. The zero-order valence-corrected chi connectivity index (χ0v) is 67.9. The number of H-pyrrole nitrogens is 1. The number of aromatic nitrogens is 18. The maximum atomic E-state index is 4.00. The highest BCUT2D eigenvalue weighted by molar-refractivity contribution is 7.10. The van der Waals surface area contributed by atoms with Crippen molar-refractivity contribution < 1.29 is 0 Å². The Morgan fingerprint density at radius 2 is 0.895 bits per heavy atom. The molecule has 0 fully saturated rings. The second kappa shape index (κ2) is 82.8. The van der Waals surface area contributed by atoms with Crippen molar-refractivity contribution in [2.45, 2.75) is 303 Å². The Hall–Kier alpha value is -7.28. The van der Waals surface area contributed by atoms with Crippen molar-refractivity contribution in [2.75, 3.05) is 0 Å². The molecule has 8 aromatic rings. The summed E-state index contributed by atoms with van der Waals surface area (Å²) < 4.78 is 2.17. The minimum absolute atomic E-state index is 0.311. The first-order valence-corrected chi connectivity index (χ1v) is 36.3. The molecule has 0 spiro atoms. The van der Waals surface area contributed by atoms with Crippen LogP contribution in [0.2, 0.25) is 0 Å². The summed E-state index contributed by atoms with van der Waals surface area (Å²) in [6.45, 7) is 74.0. The quantitative estimate of drug-likeness (QED) is 0.142. The van der Waals surface area contributed by atoms with Crippen LogP contribution in [0.5, 0.6) is 0 Å². The Kier molecular flexibility index (Phi) is 92.8. The predicted octanol–water partition coefficient (Wildman–Crippen LogP) is 23.2. The summed E-state index contributed by atoms with van der Waals surface area (Å²) in [5, 5.41) is 39.1. The van der Waals surface area contributed by atoms with Crippen LogP contribution in [0, 0.1) is 5.92 Å². The van der Waals surface area contributed by atoms with Crippen LogP contribution >= 0.6 is 11.3 Å². The summed E-state index contributed by atoms with van der Waals surface area (Å²) in [6, 6.07) is 13.1. The van der Waals surface area contributed by atoms with Crippen LogP contribution in [0.15, 0.2) is 141 Å². The lowest BCUT2D eigenvalue weighted by Crippen LogP contribution is -1.99. The van der Waals surface area contributed by atoms with E-state index in [-0.39, 0.29) is 0 Å². The van der Waals surface area contributed by atoms with Gasteiger partial charge in [0.2, 0.25) is 0 Å². The molecule has 8 heterocycles. The van der Waals surface area contributed by atoms with Gasteiger partial charge in [0.25, 0.3) is 0 Å². The molecule has 19 heteroatoms. The highest BCUT2D eigenvalue weighted by Gasteiger charge is 2.03. The maximum absolute atomic E-state index is 4.00. The molecule has 0 bridgehead atoms. The van der Waals surface area contributed by atoms with Gasteiger partial charge in [-0.05, 0) is 91.1 Å². The van der Waals surface area contributed by atoms with E-state index in [0.29, 0.717) is 59.2 Å². The molecule has 18 nitrogen and oxygen atoms in total. The van der Waals surface area contributed by atoms with Gasteiger partial charge in [0.15, 0.2) is 18.0 Å². The van der Waals surface area contributed by atoms with Crippen LogP contribution in [0.25, 0.3) is 0 Å².